The summed E-state index contributed by atoms with van der Waals surface area (Å²) in [5, 5.41) is 64.3. The Balaban J connectivity index is 1.95. The summed E-state index contributed by atoms with van der Waals surface area (Å²) < 4.78 is 10.3. The second kappa shape index (κ2) is 3.88. The Bertz CT molecular complexity index is 561. The van der Waals surface area contributed by atoms with Crippen LogP contribution in [-0.4, -0.2) is 91.0 Å². The summed E-state index contributed by atoms with van der Waals surface area (Å²) >= 11 is 0. The molecule has 4 bridgehead atoms. The minimum Gasteiger partial charge on any atom is -0.393 e. The molecule has 0 aromatic rings. The van der Waals surface area contributed by atoms with Crippen LogP contribution in [0.3, 0.4) is 0 Å². The molecule has 1 saturated carbocycles. The van der Waals surface area contributed by atoms with E-state index in [9.17, 15) is 30.6 Å². The molecule has 3 saturated heterocycles. The molecule has 4 fully saturated rings. The standard InChI is InChI=1S/C11H17N3O8/c12-8-13-6(17)2-4-9(19,1-15)5-3(16)10(2,14-8)7(18)11(20,21-4)22-5/h2-7,15-20H,1H2,(H3,12,13,14)/t2?,3-,4?,5?,6-,7+,9+,10-,11?/m1/s1. The first-order valence-electron chi connectivity index (χ1n) is 6.77. The van der Waals surface area contributed by atoms with Crippen LogP contribution >= 0.6 is 0 Å². The molecule has 9 N–H and O–H groups in total. The molecular weight excluding hydrogens is 302 g/mol. The van der Waals surface area contributed by atoms with Gasteiger partial charge in [0.25, 0.3) is 0 Å². The molecule has 5 rings (SSSR count). The zero-order valence-corrected chi connectivity index (χ0v) is 11.2. The fraction of sp³-hybridized carbons (Fsp3) is 0.909. The van der Waals surface area contributed by atoms with Crippen LogP contribution in [0.25, 0.3) is 0 Å². The third-order valence-electron chi connectivity index (χ3n) is 5.22. The number of hydrogen-bond acceptors (Lipinski definition) is 11. The average molecular weight is 319 g/mol. The molecule has 4 aliphatic heterocycles. The van der Waals surface area contributed by atoms with E-state index in [-0.39, 0.29) is 5.96 Å². The van der Waals surface area contributed by atoms with Crippen molar-refractivity contribution in [3.63, 3.8) is 0 Å². The number of guanidine groups is 1. The van der Waals surface area contributed by atoms with Gasteiger partial charge in [0.2, 0.25) is 0 Å². The number of nitrogens with two attached hydrogens (primary N) is 1. The molecule has 0 aromatic heterocycles. The lowest BCUT2D eigenvalue weighted by molar-refractivity contribution is -0.548. The summed E-state index contributed by atoms with van der Waals surface area (Å²) in [6.07, 6.45) is -7.77. The molecule has 4 unspecified atom stereocenters. The Labute approximate surface area is 123 Å². The Morgan fingerprint density at radius 3 is 2.45 bits per heavy atom. The second-order valence-corrected chi connectivity index (χ2v) is 6.22. The molecule has 9 atom stereocenters. The first-order valence-corrected chi connectivity index (χ1v) is 6.77. The molecular formula is C11H17N3O8. The van der Waals surface area contributed by atoms with Gasteiger partial charge in [-0.05, 0) is 0 Å². The van der Waals surface area contributed by atoms with Crippen molar-refractivity contribution in [2.75, 3.05) is 6.61 Å². The van der Waals surface area contributed by atoms with Gasteiger partial charge >= 0.3 is 5.97 Å². The number of rotatable bonds is 1. The Hall–Kier alpha value is -1.05. The Morgan fingerprint density at radius 1 is 1.18 bits per heavy atom. The number of aliphatic hydroxyl groups is 6. The number of aliphatic imine (C=N–C) groups is 1. The summed E-state index contributed by atoms with van der Waals surface area (Å²) in [5.74, 6) is -3.95. The highest BCUT2D eigenvalue weighted by Crippen LogP contribution is 2.58. The Morgan fingerprint density at radius 2 is 1.82 bits per heavy atom. The fourth-order valence-electron chi connectivity index (χ4n) is 4.24. The first kappa shape index (κ1) is 14.5. The highest BCUT2D eigenvalue weighted by Gasteiger charge is 2.82. The summed E-state index contributed by atoms with van der Waals surface area (Å²) in [6.45, 7) is -0.857. The van der Waals surface area contributed by atoms with Gasteiger partial charge in [0.15, 0.2) is 18.3 Å². The van der Waals surface area contributed by atoms with Crippen molar-refractivity contribution in [1.29, 1.82) is 0 Å². The molecule has 1 aliphatic carbocycles. The van der Waals surface area contributed by atoms with Crippen molar-refractivity contribution >= 4 is 5.96 Å². The number of ether oxygens (including phenoxy) is 2. The minimum atomic E-state index is -2.52. The molecule has 22 heavy (non-hydrogen) atoms. The van der Waals surface area contributed by atoms with E-state index in [1.54, 1.807) is 0 Å². The highest BCUT2D eigenvalue weighted by molar-refractivity contribution is 5.80. The van der Waals surface area contributed by atoms with Crippen LogP contribution < -0.4 is 11.1 Å². The van der Waals surface area contributed by atoms with Gasteiger partial charge in [-0.1, -0.05) is 0 Å². The van der Waals surface area contributed by atoms with E-state index in [0.29, 0.717) is 0 Å². The van der Waals surface area contributed by atoms with Crippen LogP contribution in [-0.2, 0) is 9.47 Å². The van der Waals surface area contributed by atoms with Crippen LogP contribution in [0.4, 0.5) is 0 Å². The van der Waals surface area contributed by atoms with E-state index in [0.717, 1.165) is 0 Å². The van der Waals surface area contributed by atoms with Crippen LogP contribution in [0.2, 0.25) is 0 Å². The van der Waals surface area contributed by atoms with E-state index < -0.39 is 60.3 Å². The minimum absolute atomic E-state index is 0.250. The maximum atomic E-state index is 10.6. The largest absolute Gasteiger partial charge is 0.393 e. The van der Waals surface area contributed by atoms with Gasteiger partial charge in [-0.2, -0.15) is 0 Å². The van der Waals surface area contributed by atoms with Crippen molar-refractivity contribution in [3.05, 3.63) is 0 Å². The third-order valence-corrected chi connectivity index (χ3v) is 5.22. The van der Waals surface area contributed by atoms with E-state index in [4.69, 9.17) is 15.2 Å². The molecule has 5 aliphatic rings. The van der Waals surface area contributed by atoms with E-state index >= 15 is 0 Å². The lowest BCUT2D eigenvalue weighted by Crippen LogP contribution is -2.95. The Kier molecular flexibility index (Phi) is 2.57. The number of hydrogen-bond donors (Lipinski definition) is 8. The molecule has 11 heteroatoms. The SMILES string of the molecule is NC1=N[C@H](O)C2C3OC4(O)OC([C@@H](O)[C@@]2(N1)[C@@H]4O)[C@]3(O)CO. The number of nitrogens with zero attached hydrogens (tertiary/aromatic N) is 1. The predicted molar refractivity (Wildman–Crippen MR) is 65.7 cm³/mol. The van der Waals surface area contributed by atoms with Gasteiger partial charge in [-0.15, -0.1) is 0 Å². The lowest BCUT2D eigenvalue weighted by atomic mass is 9.55. The molecule has 4 heterocycles. The molecule has 0 aromatic carbocycles. The van der Waals surface area contributed by atoms with Gasteiger partial charge in [0.05, 0.1) is 12.5 Å². The quantitative estimate of drug-likeness (QED) is 0.231. The normalized spacial score (nSPS) is 62.4. The lowest BCUT2D eigenvalue weighted by Gasteiger charge is -2.71. The van der Waals surface area contributed by atoms with E-state index in [1.165, 1.54) is 0 Å². The maximum Gasteiger partial charge on any atom is 0.311 e. The van der Waals surface area contributed by atoms with Gasteiger partial charge in [-0.25, -0.2) is 4.99 Å². The summed E-state index contributed by atoms with van der Waals surface area (Å²) in [6, 6.07) is 0. The highest BCUT2D eigenvalue weighted by atomic mass is 16.9. The summed E-state index contributed by atoms with van der Waals surface area (Å²) in [5.41, 5.74) is 1.74. The molecule has 124 valence electrons. The first-order chi connectivity index (χ1) is 10.2. The van der Waals surface area contributed by atoms with Gasteiger partial charge in [-0.3, -0.25) is 0 Å². The van der Waals surface area contributed by atoms with Crippen molar-refractivity contribution in [2.45, 2.75) is 47.8 Å². The monoisotopic (exact) mass is 319 g/mol. The van der Waals surface area contributed by atoms with E-state index in [2.05, 4.69) is 10.3 Å². The molecule has 0 radical (unpaired) electrons. The molecule has 0 amide bonds. The zero-order chi connectivity index (χ0) is 16.1. The van der Waals surface area contributed by atoms with Crippen LogP contribution in [0.5, 0.6) is 0 Å². The van der Waals surface area contributed by atoms with Crippen LogP contribution in [0, 0.1) is 5.92 Å². The smallest absolute Gasteiger partial charge is 0.311 e. The van der Waals surface area contributed by atoms with Crippen LogP contribution in [0.15, 0.2) is 4.99 Å². The summed E-state index contributed by atoms with van der Waals surface area (Å²) in [7, 11) is 0. The topological polar surface area (TPSA) is 190 Å². The van der Waals surface area contributed by atoms with Crippen molar-refractivity contribution in [3.8, 4) is 0 Å². The van der Waals surface area contributed by atoms with E-state index in [1.807, 2.05) is 0 Å². The van der Waals surface area contributed by atoms with Crippen molar-refractivity contribution < 1.29 is 40.1 Å². The summed E-state index contributed by atoms with van der Waals surface area (Å²) in [4.78, 5) is 3.70. The molecule has 11 nitrogen and oxygen atoms in total. The zero-order valence-electron chi connectivity index (χ0n) is 11.2. The van der Waals surface area contributed by atoms with Crippen LogP contribution in [0.1, 0.15) is 0 Å². The second-order valence-electron chi connectivity index (χ2n) is 6.22. The van der Waals surface area contributed by atoms with Gasteiger partial charge in [0.1, 0.15) is 29.5 Å². The third kappa shape index (κ3) is 1.28. The fourth-order valence-corrected chi connectivity index (χ4v) is 4.24. The maximum absolute atomic E-state index is 10.6. The molecule has 1 spiro atoms. The van der Waals surface area contributed by atoms with Gasteiger partial charge < -0.3 is 51.2 Å². The predicted octanol–water partition coefficient (Wildman–Crippen LogP) is -5.52. The van der Waals surface area contributed by atoms with Crippen molar-refractivity contribution in [1.82, 2.24) is 5.32 Å². The number of nitrogens with one attached hydrogen (secondary N) is 1. The average Bonchev–Trinajstić information content (AvgIpc) is 2.45. The van der Waals surface area contributed by atoms with Crippen molar-refractivity contribution in [2.24, 2.45) is 16.6 Å². The van der Waals surface area contributed by atoms with Gasteiger partial charge in [0, 0.05) is 0 Å². The number of aliphatic hydroxyl groups excluding tert-OH is 4.